The number of nitro groups is 1. The second-order valence-corrected chi connectivity index (χ2v) is 5.48. The Kier molecular flexibility index (Phi) is 7.11. The maximum atomic E-state index is 10.9. The first-order chi connectivity index (χ1) is 9.97. The van der Waals surface area contributed by atoms with Crippen LogP contribution < -0.4 is 5.32 Å². The van der Waals surface area contributed by atoms with Crippen LogP contribution >= 0.6 is 0 Å². The van der Waals surface area contributed by atoms with Gasteiger partial charge < -0.3 is 10.1 Å². The van der Waals surface area contributed by atoms with E-state index in [4.69, 9.17) is 4.74 Å². The van der Waals surface area contributed by atoms with Crippen LogP contribution in [0.4, 0.5) is 11.4 Å². The predicted octanol–water partition coefficient (Wildman–Crippen LogP) is 2.74. The van der Waals surface area contributed by atoms with E-state index >= 15 is 0 Å². The molecule has 0 unspecified atom stereocenters. The number of anilines is 1. The topological polar surface area (TPSA) is 67.6 Å². The van der Waals surface area contributed by atoms with E-state index in [2.05, 4.69) is 24.1 Å². The zero-order chi connectivity index (χ0) is 15.8. The van der Waals surface area contributed by atoms with Crippen LogP contribution in [0.25, 0.3) is 0 Å². The molecule has 0 aromatic heterocycles. The number of nitro benzene ring substituents is 1. The first-order valence-corrected chi connectivity index (χ1v) is 7.14. The molecule has 1 N–H and O–H groups in total. The number of benzene rings is 1. The zero-order valence-corrected chi connectivity index (χ0v) is 13.3. The second-order valence-electron chi connectivity index (χ2n) is 5.48. The fourth-order valence-electron chi connectivity index (χ4n) is 2.27. The number of hydrogen-bond donors (Lipinski definition) is 1. The Bertz CT molecular complexity index is 463. The average molecular weight is 295 g/mol. The SMILES string of the molecule is CNc1cc(CN(CCOC)CC(C)C)ccc1[N+](=O)[O-]. The van der Waals surface area contributed by atoms with Gasteiger partial charge in [-0.15, -0.1) is 0 Å². The summed E-state index contributed by atoms with van der Waals surface area (Å²) >= 11 is 0. The van der Waals surface area contributed by atoms with Crippen LogP contribution in [0, 0.1) is 16.0 Å². The molecule has 0 bridgehead atoms. The van der Waals surface area contributed by atoms with E-state index < -0.39 is 0 Å². The van der Waals surface area contributed by atoms with Crippen molar-refractivity contribution in [2.75, 3.05) is 39.2 Å². The molecule has 1 aromatic rings. The van der Waals surface area contributed by atoms with Crippen molar-refractivity contribution in [3.63, 3.8) is 0 Å². The van der Waals surface area contributed by atoms with Gasteiger partial charge in [0.25, 0.3) is 5.69 Å². The standard InChI is InChI=1S/C15H25N3O3/c1-12(2)10-17(7-8-21-4)11-13-5-6-15(18(19)20)14(9-13)16-3/h5-6,9,12,16H,7-8,10-11H2,1-4H3. The van der Waals surface area contributed by atoms with Gasteiger partial charge in [-0.25, -0.2) is 0 Å². The molecule has 1 aromatic carbocycles. The van der Waals surface area contributed by atoms with E-state index in [0.717, 1.165) is 25.2 Å². The smallest absolute Gasteiger partial charge is 0.292 e. The molecule has 21 heavy (non-hydrogen) atoms. The van der Waals surface area contributed by atoms with Crippen molar-refractivity contribution in [3.05, 3.63) is 33.9 Å². The Hall–Kier alpha value is -1.66. The fourth-order valence-corrected chi connectivity index (χ4v) is 2.27. The van der Waals surface area contributed by atoms with E-state index in [1.165, 1.54) is 0 Å². The highest BCUT2D eigenvalue weighted by Gasteiger charge is 2.14. The molecule has 0 atom stereocenters. The minimum atomic E-state index is -0.369. The number of hydrogen-bond acceptors (Lipinski definition) is 5. The maximum absolute atomic E-state index is 10.9. The zero-order valence-electron chi connectivity index (χ0n) is 13.3. The van der Waals surface area contributed by atoms with Crippen molar-refractivity contribution in [1.29, 1.82) is 0 Å². The lowest BCUT2D eigenvalue weighted by Crippen LogP contribution is -2.30. The van der Waals surface area contributed by atoms with E-state index in [-0.39, 0.29) is 10.6 Å². The molecule has 0 aliphatic rings. The second kappa shape index (κ2) is 8.59. The Balaban J connectivity index is 2.85. The van der Waals surface area contributed by atoms with Crippen LogP contribution in [-0.4, -0.2) is 43.7 Å². The maximum Gasteiger partial charge on any atom is 0.292 e. The predicted molar refractivity (Wildman–Crippen MR) is 84.6 cm³/mol. The molecule has 1 rings (SSSR count). The van der Waals surface area contributed by atoms with E-state index in [0.29, 0.717) is 18.2 Å². The van der Waals surface area contributed by atoms with Crippen molar-refractivity contribution in [2.45, 2.75) is 20.4 Å². The van der Waals surface area contributed by atoms with Crippen molar-refractivity contribution < 1.29 is 9.66 Å². The summed E-state index contributed by atoms with van der Waals surface area (Å²) in [5, 5.41) is 13.8. The molecule has 0 fully saturated rings. The Morgan fingerprint density at radius 1 is 1.43 bits per heavy atom. The summed E-state index contributed by atoms with van der Waals surface area (Å²) < 4.78 is 5.14. The Labute approximate surface area is 126 Å². The number of ether oxygens (including phenoxy) is 1. The molecule has 118 valence electrons. The van der Waals surface area contributed by atoms with Crippen LogP contribution in [-0.2, 0) is 11.3 Å². The summed E-state index contributed by atoms with van der Waals surface area (Å²) in [6.45, 7) is 7.60. The Morgan fingerprint density at radius 3 is 2.67 bits per heavy atom. The van der Waals surface area contributed by atoms with Crippen molar-refractivity contribution >= 4 is 11.4 Å². The molecule has 0 amide bonds. The average Bonchev–Trinajstić information content (AvgIpc) is 2.43. The summed E-state index contributed by atoms with van der Waals surface area (Å²) in [4.78, 5) is 12.9. The molecule has 0 aliphatic carbocycles. The summed E-state index contributed by atoms with van der Waals surface area (Å²) in [5.74, 6) is 0.559. The van der Waals surface area contributed by atoms with Crippen LogP contribution in [0.5, 0.6) is 0 Å². The molecule has 0 heterocycles. The van der Waals surface area contributed by atoms with Gasteiger partial charge in [0.15, 0.2) is 0 Å². The first-order valence-electron chi connectivity index (χ1n) is 7.14. The van der Waals surface area contributed by atoms with Crippen LogP contribution in [0.2, 0.25) is 0 Å². The highest BCUT2D eigenvalue weighted by atomic mass is 16.6. The fraction of sp³-hybridized carbons (Fsp3) is 0.600. The molecule has 6 heteroatoms. The molecule has 0 radical (unpaired) electrons. The lowest BCUT2D eigenvalue weighted by Gasteiger charge is -2.24. The summed E-state index contributed by atoms with van der Waals surface area (Å²) in [5.41, 5.74) is 1.71. The number of rotatable bonds is 9. The molecular formula is C15H25N3O3. The van der Waals surface area contributed by atoms with Crippen molar-refractivity contribution in [1.82, 2.24) is 4.90 Å². The Morgan fingerprint density at radius 2 is 2.14 bits per heavy atom. The van der Waals surface area contributed by atoms with Gasteiger partial charge in [0, 0.05) is 39.9 Å². The third-order valence-electron chi connectivity index (χ3n) is 3.17. The summed E-state index contributed by atoms with van der Waals surface area (Å²) in [6.07, 6.45) is 0. The van der Waals surface area contributed by atoms with E-state index in [1.54, 1.807) is 20.2 Å². The highest BCUT2D eigenvalue weighted by molar-refractivity contribution is 5.62. The van der Waals surface area contributed by atoms with E-state index in [9.17, 15) is 10.1 Å². The van der Waals surface area contributed by atoms with Gasteiger partial charge in [0.05, 0.1) is 11.5 Å². The first kappa shape index (κ1) is 17.4. The van der Waals surface area contributed by atoms with Crippen molar-refractivity contribution in [3.8, 4) is 0 Å². The lowest BCUT2D eigenvalue weighted by atomic mass is 10.1. The molecule has 6 nitrogen and oxygen atoms in total. The van der Waals surface area contributed by atoms with Gasteiger partial charge in [-0.1, -0.05) is 19.9 Å². The van der Waals surface area contributed by atoms with Gasteiger partial charge in [-0.05, 0) is 17.5 Å². The summed E-state index contributed by atoms with van der Waals surface area (Å²) in [6, 6.07) is 5.22. The van der Waals surface area contributed by atoms with Gasteiger partial charge in [0.1, 0.15) is 5.69 Å². The molecular weight excluding hydrogens is 270 g/mol. The third kappa shape index (κ3) is 5.69. The van der Waals surface area contributed by atoms with Gasteiger partial charge >= 0.3 is 0 Å². The number of nitrogens with one attached hydrogen (secondary N) is 1. The number of nitrogens with zero attached hydrogens (tertiary/aromatic N) is 2. The minimum Gasteiger partial charge on any atom is -0.383 e. The quantitative estimate of drug-likeness (QED) is 0.560. The largest absolute Gasteiger partial charge is 0.383 e. The molecule has 0 aliphatic heterocycles. The monoisotopic (exact) mass is 295 g/mol. The van der Waals surface area contributed by atoms with Gasteiger partial charge in [0.2, 0.25) is 0 Å². The minimum absolute atomic E-state index is 0.105. The number of methoxy groups -OCH3 is 1. The lowest BCUT2D eigenvalue weighted by molar-refractivity contribution is -0.384. The molecule has 0 saturated carbocycles. The third-order valence-corrected chi connectivity index (χ3v) is 3.17. The van der Waals surface area contributed by atoms with Crippen molar-refractivity contribution in [2.24, 2.45) is 5.92 Å². The van der Waals surface area contributed by atoms with Crippen LogP contribution in [0.3, 0.4) is 0 Å². The van der Waals surface area contributed by atoms with Gasteiger partial charge in [-0.3, -0.25) is 15.0 Å². The van der Waals surface area contributed by atoms with Gasteiger partial charge in [-0.2, -0.15) is 0 Å². The van der Waals surface area contributed by atoms with E-state index in [1.807, 2.05) is 12.1 Å². The van der Waals surface area contributed by atoms with Crippen LogP contribution in [0.15, 0.2) is 18.2 Å². The normalized spacial score (nSPS) is 11.1. The highest BCUT2D eigenvalue weighted by Crippen LogP contribution is 2.25. The molecule has 0 spiro atoms. The molecule has 0 saturated heterocycles. The summed E-state index contributed by atoms with van der Waals surface area (Å²) in [7, 11) is 3.39. The van der Waals surface area contributed by atoms with Crippen LogP contribution in [0.1, 0.15) is 19.4 Å².